The topological polar surface area (TPSA) is 66.0 Å². The van der Waals surface area contributed by atoms with Crippen LogP contribution in [0, 0.1) is 0 Å². The molecule has 4 aromatic rings. The summed E-state index contributed by atoms with van der Waals surface area (Å²) >= 11 is 0. The van der Waals surface area contributed by atoms with Crippen LogP contribution in [0.5, 0.6) is 0 Å². The highest BCUT2D eigenvalue weighted by molar-refractivity contribution is 5.34. The van der Waals surface area contributed by atoms with Crippen LogP contribution in [0.4, 0.5) is 0 Å². The third kappa shape index (κ3) is 3.12. The molecule has 28 heavy (non-hydrogen) atoms. The zero-order valence-corrected chi connectivity index (χ0v) is 14.9. The average molecular weight is 371 g/mol. The monoisotopic (exact) mass is 371 g/mol. The Bertz CT molecular complexity index is 1190. The van der Waals surface area contributed by atoms with Gasteiger partial charge in [0.2, 0.25) is 0 Å². The smallest absolute Gasteiger partial charge is 0.247 e. The molecule has 0 N–H and O–H groups in total. The molecule has 6 nitrogen and oxygen atoms in total. The molecule has 0 spiro atoms. The molecule has 6 heteroatoms. The van der Waals surface area contributed by atoms with Gasteiger partial charge < -0.3 is 0 Å². The summed E-state index contributed by atoms with van der Waals surface area (Å²) in [5.41, 5.74) is -0.432. The minimum absolute atomic E-state index is 0.0679. The lowest BCUT2D eigenvalue weighted by molar-refractivity contribution is 0.582. The van der Waals surface area contributed by atoms with Crippen LogP contribution >= 0.6 is 0 Å². The largest absolute Gasteiger partial charge is 0.345 e. The zero-order valence-electron chi connectivity index (χ0n) is 14.9. The molecule has 4 rings (SSSR count). The van der Waals surface area contributed by atoms with Gasteiger partial charge in [-0.1, -0.05) is 66.7 Å². The van der Waals surface area contributed by atoms with Crippen molar-refractivity contribution in [3.8, 4) is 11.4 Å². The van der Waals surface area contributed by atoms with E-state index >= 15 is 0 Å². The van der Waals surface area contributed by atoms with Gasteiger partial charge in [0.25, 0.3) is 0 Å². The number of hydrogen-bond donors (Lipinski definition) is 0. The van der Waals surface area contributed by atoms with Crippen LogP contribution in [-0.2, 0) is 6.54 Å². The molecule has 0 aliphatic carbocycles. The zero-order chi connectivity index (χ0) is 19.5. The molecule has 0 aliphatic heterocycles. The minimum Gasteiger partial charge on any atom is -0.247 e. The number of para-hydroxylation sites is 2. The molecule has 0 atom stereocenters. The SMILES string of the molecule is O=c1n(Cc2ccccc2)c(=O)n(-c2ccccc2)c(=O)n1-c1ccccc1. The van der Waals surface area contributed by atoms with Crippen molar-refractivity contribution in [2.75, 3.05) is 0 Å². The van der Waals surface area contributed by atoms with Gasteiger partial charge in [-0.3, -0.25) is 0 Å². The Kier molecular flexibility index (Phi) is 4.60. The summed E-state index contributed by atoms with van der Waals surface area (Å²) < 4.78 is 3.13. The first-order chi connectivity index (χ1) is 13.7. The first kappa shape index (κ1) is 17.5. The van der Waals surface area contributed by atoms with Crippen LogP contribution in [0.3, 0.4) is 0 Å². The van der Waals surface area contributed by atoms with Gasteiger partial charge in [0.1, 0.15) is 0 Å². The lowest BCUT2D eigenvalue weighted by Crippen LogP contribution is -2.53. The van der Waals surface area contributed by atoms with Crippen molar-refractivity contribution in [2.45, 2.75) is 6.54 Å². The van der Waals surface area contributed by atoms with E-state index < -0.39 is 17.1 Å². The molecule has 0 unspecified atom stereocenters. The average Bonchev–Trinajstić information content (AvgIpc) is 2.74. The van der Waals surface area contributed by atoms with Gasteiger partial charge in [0, 0.05) is 0 Å². The fourth-order valence-corrected chi connectivity index (χ4v) is 3.08. The van der Waals surface area contributed by atoms with E-state index in [0.717, 1.165) is 19.3 Å². The molecule has 1 aromatic heterocycles. The number of hydrogen-bond acceptors (Lipinski definition) is 3. The van der Waals surface area contributed by atoms with E-state index in [4.69, 9.17) is 0 Å². The van der Waals surface area contributed by atoms with Crippen molar-refractivity contribution in [3.63, 3.8) is 0 Å². The molecular formula is C22H17N3O3. The summed E-state index contributed by atoms with van der Waals surface area (Å²) in [6, 6.07) is 26.4. The third-order valence-corrected chi connectivity index (χ3v) is 4.44. The summed E-state index contributed by atoms with van der Waals surface area (Å²) in [4.78, 5) is 39.4. The molecule has 138 valence electrons. The number of nitrogens with zero attached hydrogens (tertiary/aromatic N) is 3. The summed E-state index contributed by atoms with van der Waals surface area (Å²) in [6.45, 7) is 0.0679. The highest BCUT2D eigenvalue weighted by Gasteiger charge is 2.18. The van der Waals surface area contributed by atoms with E-state index in [0.29, 0.717) is 11.4 Å². The molecule has 0 bridgehead atoms. The Labute approximate surface area is 160 Å². The van der Waals surface area contributed by atoms with E-state index in [1.54, 1.807) is 60.7 Å². The number of benzene rings is 3. The van der Waals surface area contributed by atoms with Crippen molar-refractivity contribution in [1.29, 1.82) is 0 Å². The second-order valence-corrected chi connectivity index (χ2v) is 6.26. The molecule has 0 saturated heterocycles. The van der Waals surface area contributed by atoms with Gasteiger partial charge in [-0.2, -0.15) is 0 Å². The minimum atomic E-state index is -0.697. The van der Waals surface area contributed by atoms with Crippen molar-refractivity contribution in [2.24, 2.45) is 0 Å². The molecule has 3 aromatic carbocycles. The normalized spacial score (nSPS) is 10.7. The van der Waals surface area contributed by atoms with Crippen molar-refractivity contribution >= 4 is 0 Å². The quantitative estimate of drug-likeness (QED) is 0.552. The first-order valence-corrected chi connectivity index (χ1v) is 8.80. The third-order valence-electron chi connectivity index (χ3n) is 4.44. The Hall–Kier alpha value is -3.93. The fourth-order valence-electron chi connectivity index (χ4n) is 3.08. The summed E-state index contributed by atoms with van der Waals surface area (Å²) in [5.74, 6) is 0. The van der Waals surface area contributed by atoms with Gasteiger partial charge >= 0.3 is 17.1 Å². The maximum Gasteiger partial charge on any atom is 0.345 e. The van der Waals surface area contributed by atoms with Crippen LogP contribution < -0.4 is 17.1 Å². The molecule has 0 saturated carbocycles. The second-order valence-electron chi connectivity index (χ2n) is 6.26. The Morgan fingerprint density at radius 3 is 1.32 bits per heavy atom. The van der Waals surface area contributed by atoms with Crippen molar-refractivity contribution in [1.82, 2.24) is 13.7 Å². The van der Waals surface area contributed by atoms with E-state index in [9.17, 15) is 14.4 Å². The Morgan fingerprint density at radius 2 is 0.893 bits per heavy atom. The predicted octanol–water partition coefficient (Wildman–Crippen LogP) is 2.20. The van der Waals surface area contributed by atoms with Crippen LogP contribution in [0.15, 0.2) is 105 Å². The highest BCUT2D eigenvalue weighted by atomic mass is 16.2. The van der Waals surface area contributed by atoms with Gasteiger partial charge in [0.15, 0.2) is 0 Å². The highest BCUT2D eigenvalue weighted by Crippen LogP contribution is 2.05. The van der Waals surface area contributed by atoms with Crippen molar-refractivity contribution < 1.29 is 0 Å². The molecule has 0 amide bonds. The van der Waals surface area contributed by atoms with Crippen LogP contribution in [-0.4, -0.2) is 13.7 Å². The molecular weight excluding hydrogens is 354 g/mol. The van der Waals surface area contributed by atoms with E-state index in [1.165, 1.54) is 0 Å². The maximum atomic E-state index is 13.1. The van der Waals surface area contributed by atoms with Crippen LogP contribution in [0.1, 0.15) is 5.56 Å². The van der Waals surface area contributed by atoms with Gasteiger partial charge in [-0.25, -0.2) is 28.1 Å². The Morgan fingerprint density at radius 1 is 0.500 bits per heavy atom. The summed E-state index contributed by atoms with van der Waals surface area (Å²) in [5, 5.41) is 0. The number of aromatic nitrogens is 3. The fraction of sp³-hybridized carbons (Fsp3) is 0.0455. The standard InChI is InChI=1S/C22H17N3O3/c26-20-23(16-17-10-4-1-5-11-17)21(27)25(19-14-8-3-9-15-19)22(28)24(20)18-12-6-2-7-13-18/h1-15H,16H2. The van der Waals surface area contributed by atoms with Gasteiger partial charge in [0.05, 0.1) is 17.9 Å². The molecule has 0 fully saturated rings. The summed E-state index contributed by atoms with van der Waals surface area (Å²) in [7, 11) is 0. The number of rotatable bonds is 4. The van der Waals surface area contributed by atoms with Gasteiger partial charge in [-0.15, -0.1) is 0 Å². The van der Waals surface area contributed by atoms with Crippen LogP contribution in [0.2, 0.25) is 0 Å². The van der Waals surface area contributed by atoms with E-state index in [1.807, 2.05) is 30.3 Å². The van der Waals surface area contributed by atoms with Gasteiger partial charge in [-0.05, 0) is 29.8 Å². The Balaban J connectivity index is 2.05. The maximum absolute atomic E-state index is 13.1. The van der Waals surface area contributed by atoms with Crippen LogP contribution in [0.25, 0.3) is 11.4 Å². The molecule has 1 heterocycles. The molecule has 0 aliphatic rings. The second kappa shape index (κ2) is 7.36. The lowest BCUT2D eigenvalue weighted by Gasteiger charge is -2.14. The first-order valence-electron chi connectivity index (χ1n) is 8.80. The predicted molar refractivity (Wildman–Crippen MR) is 107 cm³/mol. The summed E-state index contributed by atoms with van der Waals surface area (Å²) in [6.07, 6.45) is 0. The lowest BCUT2D eigenvalue weighted by atomic mass is 10.2. The van der Waals surface area contributed by atoms with Crippen molar-refractivity contribution in [3.05, 3.63) is 128 Å². The molecule has 0 radical (unpaired) electrons. The van der Waals surface area contributed by atoms with E-state index in [2.05, 4.69) is 0 Å². The van der Waals surface area contributed by atoms with E-state index in [-0.39, 0.29) is 6.54 Å².